The number of nitrogens with two attached hydrogens (primary N) is 1. The summed E-state index contributed by atoms with van der Waals surface area (Å²) in [5.74, 6) is -1.08. The molecule has 0 spiro atoms. The van der Waals surface area contributed by atoms with Crippen LogP contribution in [-0.2, 0) is 4.79 Å². The second-order valence-electron chi connectivity index (χ2n) is 7.38. The molecule has 160 valence electrons. The highest BCUT2D eigenvalue weighted by Crippen LogP contribution is 2.36. The van der Waals surface area contributed by atoms with Gasteiger partial charge in [-0.25, -0.2) is 4.39 Å². The van der Waals surface area contributed by atoms with Crippen molar-refractivity contribution in [1.29, 1.82) is 0 Å². The average Bonchev–Trinajstić information content (AvgIpc) is 3.15. The molecule has 2 aromatic rings. The van der Waals surface area contributed by atoms with E-state index >= 15 is 0 Å². The number of amides is 2. The van der Waals surface area contributed by atoms with Gasteiger partial charge in [-0.05, 0) is 50.7 Å². The highest BCUT2D eigenvalue weighted by Gasteiger charge is 2.27. The second-order valence-corrected chi connectivity index (χ2v) is 7.38. The Morgan fingerprint density at radius 3 is 2.63 bits per heavy atom. The molecule has 0 fully saturated rings. The smallest absolute Gasteiger partial charge is 0.256 e. The molecular formula is C22H28FN5O2. The molecule has 8 heteroatoms. The number of anilines is 2. The Balaban J connectivity index is 1.85. The van der Waals surface area contributed by atoms with Crippen molar-refractivity contribution in [3.8, 4) is 0 Å². The third-order valence-electron chi connectivity index (χ3n) is 5.52. The number of aromatic nitrogens is 1. The van der Waals surface area contributed by atoms with E-state index in [2.05, 4.69) is 34.4 Å². The van der Waals surface area contributed by atoms with Crippen LogP contribution in [0.3, 0.4) is 0 Å². The van der Waals surface area contributed by atoms with Crippen molar-refractivity contribution in [3.63, 3.8) is 0 Å². The van der Waals surface area contributed by atoms with Crippen LogP contribution in [0.5, 0.6) is 0 Å². The van der Waals surface area contributed by atoms with Gasteiger partial charge in [0.1, 0.15) is 5.82 Å². The molecule has 1 aliphatic heterocycles. The van der Waals surface area contributed by atoms with Gasteiger partial charge in [0.15, 0.2) is 0 Å². The molecule has 0 bridgehead atoms. The van der Waals surface area contributed by atoms with Crippen molar-refractivity contribution in [2.45, 2.75) is 27.7 Å². The van der Waals surface area contributed by atoms with Crippen LogP contribution >= 0.6 is 0 Å². The fourth-order valence-corrected chi connectivity index (χ4v) is 3.73. The lowest BCUT2D eigenvalue weighted by Gasteiger charge is -2.18. The summed E-state index contributed by atoms with van der Waals surface area (Å²) < 4.78 is 13.9. The third kappa shape index (κ3) is 4.09. The van der Waals surface area contributed by atoms with Crippen LogP contribution in [0.1, 0.15) is 46.7 Å². The fourth-order valence-electron chi connectivity index (χ4n) is 3.73. The van der Waals surface area contributed by atoms with E-state index in [0.717, 1.165) is 25.2 Å². The van der Waals surface area contributed by atoms with Gasteiger partial charge < -0.3 is 26.3 Å². The zero-order chi connectivity index (χ0) is 22.0. The molecule has 2 heterocycles. The first-order valence-corrected chi connectivity index (χ1v) is 10.1. The van der Waals surface area contributed by atoms with E-state index < -0.39 is 5.82 Å². The summed E-state index contributed by atoms with van der Waals surface area (Å²) in [5.41, 5.74) is 9.45. The summed E-state index contributed by atoms with van der Waals surface area (Å²) in [6, 6.07) is 2.66. The van der Waals surface area contributed by atoms with Gasteiger partial charge in [-0.3, -0.25) is 9.59 Å². The van der Waals surface area contributed by atoms with Crippen LogP contribution in [0.2, 0.25) is 0 Å². The molecule has 0 aliphatic carbocycles. The zero-order valence-electron chi connectivity index (χ0n) is 17.8. The molecule has 0 unspecified atom stereocenters. The van der Waals surface area contributed by atoms with Gasteiger partial charge in [-0.1, -0.05) is 13.8 Å². The Kier molecular flexibility index (Phi) is 6.26. The molecule has 0 radical (unpaired) electrons. The molecule has 1 aromatic heterocycles. The van der Waals surface area contributed by atoms with Gasteiger partial charge in [0, 0.05) is 30.0 Å². The molecule has 5 N–H and O–H groups in total. The van der Waals surface area contributed by atoms with E-state index in [4.69, 9.17) is 5.73 Å². The lowest BCUT2D eigenvalue weighted by atomic mass is 10.0. The third-order valence-corrected chi connectivity index (χ3v) is 5.52. The predicted octanol–water partition coefficient (Wildman–Crippen LogP) is 2.92. The summed E-state index contributed by atoms with van der Waals surface area (Å²) in [4.78, 5) is 30.5. The minimum atomic E-state index is -0.580. The number of halogens is 1. The van der Waals surface area contributed by atoms with E-state index in [0.29, 0.717) is 40.3 Å². The van der Waals surface area contributed by atoms with Gasteiger partial charge in [0.2, 0.25) is 0 Å². The minimum absolute atomic E-state index is 0.0223. The number of nitrogen functional groups attached to an aromatic ring is 1. The summed E-state index contributed by atoms with van der Waals surface area (Å²) in [5, 5.41) is 5.66. The molecule has 1 aliphatic rings. The van der Waals surface area contributed by atoms with Crippen LogP contribution < -0.4 is 16.4 Å². The number of aromatic amines is 1. The first-order chi connectivity index (χ1) is 14.3. The van der Waals surface area contributed by atoms with E-state index in [1.165, 1.54) is 12.1 Å². The number of fused-ring (bicyclic) bond motifs is 1. The lowest BCUT2D eigenvalue weighted by molar-refractivity contribution is -0.110. The molecule has 1 aromatic carbocycles. The largest absolute Gasteiger partial charge is 0.396 e. The second kappa shape index (κ2) is 8.71. The summed E-state index contributed by atoms with van der Waals surface area (Å²) in [6.07, 6.45) is 1.64. The number of aryl methyl sites for hydroxylation is 1. The molecular weight excluding hydrogens is 385 g/mol. The number of hydrogen-bond donors (Lipinski definition) is 4. The van der Waals surface area contributed by atoms with E-state index in [1.807, 2.05) is 13.8 Å². The Hall–Kier alpha value is -3.13. The van der Waals surface area contributed by atoms with Crippen LogP contribution in [-0.4, -0.2) is 47.9 Å². The summed E-state index contributed by atoms with van der Waals surface area (Å²) in [7, 11) is 0. The number of benzene rings is 1. The number of carbonyl (C=O) groups excluding carboxylic acids is 2. The molecule has 0 atom stereocenters. The summed E-state index contributed by atoms with van der Waals surface area (Å²) >= 11 is 0. The number of likely N-dealkylation sites (N-methyl/N-ethyl adjacent to an activating group) is 1. The lowest BCUT2D eigenvalue weighted by Crippen LogP contribution is -2.35. The Morgan fingerprint density at radius 1 is 1.27 bits per heavy atom. The highest BCUT2D eigenvalue weighted by atomic mass is 19.1. The standard InChI is InChI=1S/C22H28FN5O2/c1-5-28(6-2)8-7-25-22(30)20-12(3)18(26-13(20)4)10-15-14-9-16(23)17(24)11-19(14)27-21(15)29/h9-11,26H,5-8,24H2,1-4H3,(H,25,30)(H,27,29)/b15-10-. The van der Waals surface area contributed by atoms with Gasteiger partial charge in [-0.2, -0.15) is 0 Å². The van der Waals surface area contributed by atoms with Gasteiger partial charge >= 0.3 is 0 Å². The minimum Gasteiger partial charge on any atom is -0.396 e. The van der Waals surface area contributed by atoms with E-state index in [1.54, 1.807) is 6.08 Å². The monoisotopic (exact) mass is 413 g/mol. The number of nitrogens with one attached hydrogen (secondary N) is 3. The predicted molar refractivity (Wildman–Crippen MR) is 118 cm³/mol. The molecule has 30 heavy (non-hydrogen) atoms. The fraction of sp³-hybridized carbons (Fsp3) is 0.364. The first kappa shape index (κ1) is 21.6. The number of H-pyrrole nitrogens is 1. The van der Waals surface area contributed by atoms with E-state index in [-0.39, 0.29) is 17.5 Å². The number of rotatable bonds is 7. The molecule has 7 nitrogen and oxygen atoms in total. The Bertz CT molecular complexity index is 1020. The number of nitrogens with zero attached hydrogens (tertiary/aromatic N) is 1. The van der Waals surface area contributed by atoms with Crippen LogP contribution in [0.4, 0.5) is 15.8 Å². The van der Waals surface area contributed by atoms with Crippen LogP contribution in [0.25, 0.3) is 11.6 Å². The van der Waals surface area contributed by atoms with Crippen molar-refractivity contribution >= 4 is 34.8 Å². The number of hydrogen-bond acceptors (Lipinski definition) is 4. The van der Waals surface area contributed by atoms with E-state index in [9.17, 15) is 14.0 Å². The molecule has 2 amide bonds. The molecule has 0 saturated carbocycles. The van der Waals surface area contributed by atoms with Crippen molar-refractivity contribution in [3.05, 3.63) is 46.0 Å². The quantitative estimate of drug-likeness (QED) is 0.414. The topological polar surface area (TPSA) is 103 Å². The Labute approximate surface area is 175 Å². The van der Waals surface area contributed by atoms with Crippen LogP contribution in [0.15, 0.2) is 12.1 Å². The maximum atomic E-state index is 13.9. The summed E-state index contributed by atoms with van der Waals surface area (Å²) in [6.45, 7) is 11.0. The SMILES string of the molecule is CCN(CC)CCNC(=O)c1c(C)[nH]c(/C=C2\C(=O)Nc3cc(N)c(F)cc32)c1C. The highest BCUT2D eigenvalue weighted by molar-refractivity contribution is 6.35. The normalized spacial score (nSPS) is 14.3. The first-order valence-electron chi connectivity index (χ1n) is 10.1. The van der Waals surface area contributed by atoms with Crippen LogP contribution in [0, 0.1) is 19.7 Å². The number of carbonyl (C=O) groups is 2. The maximum Gasteiger partial charge on any atom is 0.256 e. The van der Waals surface area contributed by atoms with Crippen molar-refractivity contribution in [1.82, 2.24) is 15.2 Å². The van der Waals surface area contributed by atoms with Crippen molar-refractivity contribution in [2.75, 3.05) is 37.2 Å². The van der Waals surface area contributed by atoms with Crippen molar-refractivity contribution in [2.24, 2.45) is 0 Å². The maximum absolute atomic E-state index is 13.9. The molecule has 3 rings (SSSR count). The Morgan fingerprint density at radius 2 is 1.97 bits per heavy atom. The molecule has 0 saturated heterocycles. The van der Waals surface area contributed by atoms with Crippen molar-refractivity contribution < 1.29 is 14.0 Å². The zero-order valence-corrected chi connectivity index (χ0v) is 17.8. The van der Waals surface area contributed by atoms with Gasteiger partial charge in [0.25, 0.3) is 11.8 Å². The van der Waals surface area contributed by atoms with Gasteiger partial charge in [0.05, 0.1) is 22.5 Å². The van der Waals surface area contributed by atoms with Gasteiger partial charge in [-0.15, -0.1) is 0 Å². The average molecular weight is 413 g/mol.